The second-order valence-corrected chi connectivity index (χ2v) is 8.44. The number of pyridine rings is 1. The number of esters is 1. The number of para-hydroxylation sites is 1. The maximum atomic E-state index is 15.4. The number of methoxy groups -OCH3 is 1. The first-order valence-electron chi connectivity index (χ1n) is 11.3. The van der Waals surface area contributed by atoms with Crippen LogP contribution in [0.25, 0.3) is 22.6 Å². The molecule has 1 fully saturated rings. The van der Waals surface area contributed by atoms with Crippen molar-refractivity contribution in [1.29, 1.82) is 0 Å². The van der Waals surface area contributed by atoms with Crippen LogP contribution in [0.2, 0.25) is 0 Å². The molecule has 7 nitrogen and oxygen atoms in total. The third-order valence-corrected chi connectivity index (χ3v) is 6.39. The van der Waals surface area contributed by atoms with Gasteiger partial charge in [-0.15, -0.1) is 0 Å². The van der Waals surface area contributed by atoms with Gasteiger partial charge in [0, 0.05) is 5.69 Å². The third-order valence-electron chi connectivity index (χ3n) is 6.39. The van der Waals surface area contributed by atoms with E-state index < -0.39 is 5.82 Å². The second-order valence-electron chi connectivity index (χ2n) is 8.44. The van der Waals surface area contributed by atoms with Gasteiger partial charge in [-0.25, -0.2) is 9.07 Å². The van der Waals surface area contributed by atoms with E-state index in [1.807, 2.05) is 36.4 Å². The number of carbonyl (C=O) groups is 1. The molecule has 0 bridgehead atoms. The van der Waals surface area contributed by atoms with Crippen molar-refractivity contribution in [1.82, 2.24) is 14.3 Å². The van der Waals surface area contributed by atoms with Crippen LogP contribution in [0.5, 0.6) is 5.75 Å². The van der Waals surface area contributed by atoms with Crippen LogP contribution in [0, 0.1) is 12.7 Å². The maximum Gasteiger partial charge on any atom is 0.306 e. The van der Waals surface area contributed by atoms with Crippen molar-refractivity contribution in [2.75, 3.05) is 13.7 Å². The summed E-state index contributed by atoms with van der Waals surface area (Å²) in [5.74, 6) is -0.727. The van der Waals surface area contributed by atoms with E-state index in [2.05, 4.69) is 5.10 Å². The van der Waals surface area contributed by atoms with Gasteiger partial charge in [0.15, 0.2) is 5.75 Å². The number of hydrogen-bond donors (Lipinski definition) is 0. The average Bonchev–Trinajstić information content (AvgIpc) is 3.35. The molecule has 178 valence electrons. The topological polar surface area (TPSA) is 75.3 Å². The fraction of sp³-hybridized carbons (Fsp3) is 0.222. The predicted octanol–water partition coefficient (Wildman–Crippen LogP) is 4.57. The van der Waals surface area contributed by atoms with Crippen molar-refractivity contribution < 1.29 is 18.7 Å². The molecule has 1 aliphatic heterocycles. The largest absolute Gasteiger partial charge is 0.491 e. The van der Waals surface area contributed by atoms with Gasteiger partial charge in [0.25, 0.3) is 0 Å². The van der Waals surface area contributed by atoms with Crippen molar-refractivity contribution in [3.63, 3.8) is 0 Å². The van der Waals surface area contributed by atoms with Crippen LogP contribution in [0.3, 0.4) is 0 Å². The van der Waals surface area contributed by atoms with Crippen molar-refractivity contribution in [3.8, 4) is 28.4 Å². The molecule has 1 atom stereocenters. The monoisotopic (exact) mass is 473 g/mol. The van der Waals surface area contributed by atoms with E-state index in [9.17, 15) is 9.59 Å². The van der Waals surface area contributed by atoms with E-state index in [4.69, 9.17) is 9.47 Å². The summed E-state index contributed by atoms with van der Waals surface area (Å²) in [5, 5.41) is 4.41. The Labute approximate surface area is 201 Å². The summed E-state index contributed by atoms with van der Waals surface area (Å²) in [5.41, 5.74) is 2.99. The van der Waals surface area contributed by atoms with Crippen molar-refractivity contribution >= 4 is 5.97 Å². The molecule has 8 heteroatoms. The molecule has 0 N–H and O–H groups in total. The summed E-state index contributed by atoms with van der Waals surface area (Å²) in [7, 11) is 1.41. The van der Waals surface area contributed by atoms with E-state index in [1.165, 1.54) is 19.4 Å². The lowest BCUT2D eigenvalue weighted by Crippen LogP contribution is -2.20. The first-order chi connectivity index (χ1) is 17.0. The zero-order valence-corrected chi connectivity index (χ0v) is 19.4. The fourth-order valence-electron chi connectivity index (χ4n) is 4.58. The van der Waals surface area contributed by atoms with Crippen LogP contribution in [0.15, 0.2) is 71.8 Å². The zero-order chi connectivity index (χ0) is 24.5. The molecule has 1 unspecified atom stereocenters. The minimum absolute atomic E-state index is 0.0831. The Bertz CT molecular complexity index is 1460. The highest BCUT2D eigenvalue weighted by Crippen LogP contribution is 2.31. The number of rotatable bonds is 5. The van der Waals surface area contributed by atoms with Crippen molar-refractivity contribution in [2.45, 2.75) is 25.7 Å². The summed E-state index contributed by atoms with van der Waals surface area (Å²) in [6.45, 7) is 2.10. The van der Waals surface area contributed by atoms with Gasteiger partial charge in [0.2, 0.25) is 5.43 Å². The molecule has 5 rings (SSSR count). The quantitative estimate of drug-likeness (QED) is 0.397. The molecule has 0 amide bonds. The molecule has 1 saturated heterocycles. The van der Waals surface area contributed by atoms with Crippen LogP contribution < -0.4 is 10.2 Å². The first kappa shape index (κ1) is 22.6. The highest BCUT2D eigenvalue weighted by Gasteiger charge is 2.24. The molecule has 35 heavy (non-hydrogen) atoms. The minimum Gasteiger partial charge on any atom is -0.491 e. The van der Waals surface area contributed by atoms with Crippen molar-refractivity contribution in [3.05, 3.63) is 94.3 Å². The Kier molecular flexibility index (Phi) is 5.94. The molecule has 0 radical (unpaired) electrons. The summed E-state index contributed by atoms with van der Waals surface area (Å²) in [6.07, 6.45) is 4.01. The minimum atomic E-state index is -0.460. The average molecular weight is 474 g/mol. The lowest BCUT2D eigenvalue weighted by Gasteiger charge is -2.23. The summed E-state index contributed by atoms with van der Waals surface area (Å²) in [4.78, 5) is 25.0. The predicted molar refractivity (Wildman–Crippen MR) is 129 cm³/mol. The maximum absolute atomic E-state index is 15.4. The fourth-order valence-corrected chi connectivity index (χ4v) is 4.58. The standard InChI is InChI=1S/C27H24FN3O4/c1-17-26(23-10-12-29-31(23)20-6-4-3-5-7-20)27(33)24(34-2)16-30(17)22-9-8-18(14-21(22)28)19-11-13-35-25(32)15-19/h3-10,12,14,16,19H,11,13,15H2,1-2H3. The number of carbonyl (C=O) groups excluding carboxylic acids is 1. The molecule has 2 aromatic carbocycles. The molecule has 0 aliphatic carbocycles. The van der Waals surface area contributed by atoms with E-state index in [0.717, 1.165) is 11.3 Å². The number of cyclic esters (lactones) is 1. The number of benzene rings is 2. The van der Waals surface area contributed by atoms with Gasteiger partial charge in [-0.1, -0.05) is 24.3 Å². The van der Waals surface area contributed by atoms with Crippen LogP contribution in [0.1, 0.15) is 30.0 Å². The lowest BCUT2D eigenvalue weighted by molar-refractivity contribution is -0.147. The van der Waals surface area contributed by atoms with E-state index in [0.29, 0.717) is 30.0 Å². The molecule has 0 saturated carbocycles. The van der Waals surface area contributed by atoms with Gasteiger partial charge in [0.1, 0.15) is 5.82 Å². The van der Waals surface area contributed by atoms with E-state index in [-0.39, 0.29) is 35.2 Å². The Balaban J connectivity index is 1.64. The van der Waals surface area contributed by atoms with Gasteiger partial charge in [-0.2, -0.15) is 5.10 Å². The van der Waals surface area contributed by atoms with Gasteiger partial charge >= 0.3 is 5.97 Å². The number of ether oxygens (including phenoxy) is 2. The second kappa shape index (κ2) is 9.21. The highest BCUT2D eigenvalue weighted by atomic mass is 19.1. The number of halogens is 1. The highest BCUT2D eigenvalue weighted by molar-refractivity contribution is 5.71. The molecular weight excluding hydrogens is 449 g/mol. The summed E-state index contributed by atoms with van der Waals surface area (Å²) in [6, 6.07) is 16.2. The number of nitrogens with zero attached hydrogens (tertiary/aromatic N) is 3. The van der Waals surface area contributed by atoms with Gasteiger partial charge in [0.05, 0.1) is 55.2 Å². The van der Waals surface area contributed by atoms with E-state index in [1.54, 1.807) is 34.5 Å². The summed E-state index contributed by atoms with van der Waals surface area (Å²) < 4.78 is 29.1. The third kappa shape index (κ3) is 4.12. The summed E-state index contributed by atoms with van der Waals surface area (Å²) >= 11 is 0. The Hall–Kier alpha value is -4.20. The molecule has 4 aromatic rings. The smallest absolute Gasteiger partial charge is 0.306 e. The van der Waals surface area contributed by atoms with E-state index >= 15 is 4.39 Å². The zero-order valence-electron chi connectivity index (χ0n) is 19.4. The molecular formula is C27H24FN3O4. The molecule has 3 heterocycles. The first-order valence-corrected chi connectivity index (χ1v) is 11.3. The molecule has 2 aromatic heterocycles. The van der Waals surface area contributed by atoms with Crippen LogP contribution in [-0.4, -0.2) is 34.0 Å². The Morgan fingerprint density at radius 2 is 1.91 bits per heavy atom. The number of hydrogen-bond acceptors (Lipinski definition) is 5. The molecule has 0 spiro atoms. The van der Waals surface area contributed by atoms with Crippen molar-refractivity contribution in [2.24, 2.45) is 0 Å². The van der Waals surface area contributed by atoms with Gasteiger partial charge < -0.3 is 14.0 Å². The normalized spacial score (nSPS) is 15.6. The van der Waals surface area contributed by atoms with Gasteiger partial charge in [-0.3, -0.25) is 9.59 Å². The Morgan fingerprint density at radius 3 is 2.63 bits per heavy atom. The lowest BCUT2D eigenvalue weighted by atomic mass is 9.91. The van der Waals surface area contributed by atoms with Crippen LogP contribution in [0.4, 0.5) is 4.39 Å². The van der Waals surface area contributed by atoms with Gasteiger partial charge in [-0.05, 0) is 55.2 Å². The Morgan fingerprint density at radius 1 is 1.11 bits per heavy atom. The SMILES string of the molecule is COc1cn(-c2ccc(C3CCOC(=O)C3)cc2F)c(C)c(-c2ccnn2-c2ccccc2)c1=O. The van der Waals surface area contributed by atoms with Crippen LogP contribution >= 0.6 is 0 Å². The molecule has 1 aliphatic rings. The number of aromatic nitrogens is 3. The van der Waals surface area contributed by atoms with Crippen LogP contribution in [-0.2, 0) is 9.53 Å².